The molecule has 2 aliphatic rings. The maximum Gasteiger partial charge on any atom is 0.280 e. The zero-order valence-electron chi connectivity index (χ0n) is 17.8. The SMILES string of the molecule is CCOc1cc2c(cc1CN1CC=C(n3c(C)nc(=O)c4ccccc43)CC1)OCO2. The van der Waals surface area contributed by atoms with Crippen LogP contribution in [0.5, 0.6) is 17.2 Å². The van der Waals surface area contributed by atoms with E-state index < -0.39 is 0 Å². The summed E-state index contributed by atoms with van der Waals surface area (Å²) in [7, 11) is 0. The van der Waals surface area contributed by atoms with Crippen LogP contribution in [0.25, 0.3) is 16.6 Å². The first kappa shape index (κ1) is 19.6. The largest absolute Gasteiger partial charge is 0.493 e. The molecule has 0 saturated heterocycles. The molecular formula is C24H25N3O4. The van der Waals surface area contributed by atoms with E-state index in [-0.39, 0.29) is 12.4 Å². The normalized spacial score (nSPS) is 15.9. The molecule has 0 fully saturated rings. The number of hydrogen-bond donors (Lipinski definition) is 0. The fourth-order valence-electron chi connectivity index (χ4n) is 4.31. The number of rotatable bonds is 5. The highest BCUT2D eigenvalue weighted by molar-refractivity contribution is 5.81. The van der Waals surface area contributed by atoms with E-state index in [1.165, 1.54) is 5.70 Å². The molecule has 0 unspecified atom stereocenters. The molecule has 0 N–H and O–H groups in total. The van der Waals surface area contributed by atoms with E-state index >= 15 is 0 Å². The van der Waals surface area contributed by atoms with E-state index in [4.69, 9.17) is 14.2 Å². The molecule has 7 nitrogen and oxygen atoms in total. The topological polar surface area (TPSA) is 65.8 Å². The van der Waals surface area contributed by atoms with E-state index in [9.17, 15) is 4.79 Å². The third-order valence-corrected chi connectivity index (χ3v) is 5.77. The number of nitrogens with zero attached hydrogens (tertiary/aromatic N) is 3. The van der Waals surface area contributed by atoms with Crippen molar-refractivity contribution in [1.29, 1.82) is 0 Å². The molecule has 3 aromatic rings. The zero-order chi connectivity index (χ0) is 21.4. The predicted octanol–water partition coefficient (Wildman–Crippen LogP) is 3.58. The van der Waals surface area contributed by atoms with Gasteiger partial charge in [0.1, 0.15) is 11.6 Å². The summed E-state index contributed by atoms with van der Waals surface area (Å²) in [5.41, 5.74) is 3.01. The number of fused-ring (bicyclic) bond motifs is 2. The van der Waals surface area contributed by atoms with Gasteiger partial charge in [-0.05, 0) is 32.0 Å². The Bertz CT molecular complexity index is 1230. The quantitative estimate of drug-likeness (QED) is 0.630. The number of hydrogen-bond acceptors (Lipinski definition) is 6. The van der Waals surface area contributed by atoms with Gasteiger partial charge in [0, 0.05) is 43.4 Å². The highest BCUT2D eigenvalue weighted by Gasteiger charge is 2.21. The first-order chi connectivity index (χ1) is 15.1. The Morgan fingerprint density at radius 2 is 1.97 bits per heavy atom. The number of para-hydroxylation sites is 1. The lowest BCUT2D eigenvalue weighted by atomic mass is 10.1. The third-order valence-electron chi connectivity index (χ3n) is 5.77. The monoisotopic (exact) mass is 419 g/mol. The molecule has 2 aromatic carbocycles. The fourth-order valence-corrected chi connectivity index (χ4v) is 4.31. The minimum absolute atomic E-state index is 0.173. The molecule has 0 saturated carbocycles. The Hall–Kier alpha value is -3.32. The van der Waals surface area contributed by atoms with Crippen molar-refractivity contribution in [2.75, 3.05) is 26.5 Å². The van der Waals surface area contributed by atoms with Gasteiger partial charge in [-0.25, -0.2) is 0 Å². The molecular weight excluding hydrogens is 394 g/mol. The molecule has 5 rings (SSSR count). The Morgan fingerprint density at radius 3 is 2.74 bits per heavy atom. The van der Waals surface area contributed by atoms with Crippen LogP contribution in [0.1, 0.15) is 24.7 Å². The summed E-state index contributed by atoms with van der Waals surface area (Å²) >= 11 is 0. The van der Waals surface area contributed by atoms with Gasteiger partial charge in [0.15, 0.2) is 11.5 Å². The molecule has 0 amide bonds. The van der Waals surface area contributed by atoms with Gasteiger partial charge in [-0.3, -0.25) is 9.69 Å². The summed E-state index contributed by atoms with van der Waals surface area (Å²) in [6, 6.07) is 11.6. The van der Waals surface area contributed by atoms with Gasteiger partial charge in [0.05, 0.1) is 17.5 Å². The number of aromatic nitrogens is 2. The van der Waals surface area contributed by atoms with Crippen LogP contribution >= 0.6 is 0 Å². The van der Waals surface area contributed by atoms with Gasteiger partial charge in [-0.2, -0.15) is 4.98 Å². The van der Waals surface area contributed by atoms with Gasteiger partial charge in [-0.1, -0.05) is 18.2 Å². The van der Waals surface area contributed by atoms with Crippen molar-refractivity contribution in [3.63, 3.8) is 0 Å². The minimum Gasteiger partial charge on any atom is -0.493 e. The number of ether oxygens (including phenoxy) is 3. The lowest BCUT2D eigenvalue weighted by molar-refractivity contribution is 0.173. The maximum atomic E-state index is 12.3. The van der Waals surface area contributed by atoms with E-state index in [0.29, 0.717) is 12.0 Å². The van der Waals surface area contributed by atoms with Crippen molar-refractivity contribution >= 4 is 16.6 Å². The van der Waals surface area contributed by atoms with Gasteiger partial charge in [0.25, 0.3) is 5.56 Å². The standard InChI is InChI=1S/C24H25N3O4/c1-3-29-21-13-23-22(30-15-31-23)12-17(21)14-26-10-8-18(9-11-26)27-16(2)25-24(28)19-6-4-5-7-20(19)27/h4-8,12-13H,3,9-11,14-15H2,1-2H3. The van der Waals surface area contributed by atoms with Crippen molar-refractivity contribution < 1.29 is 14.2 Å². The molecule has 0 spiro atoms. The van der Waals surface area contributed by atoms with Crippen LogP contribution in [0, 0.1) is 6.92 Å². The zero-order valence-corrected chi connectivity index (χ0v) is 17.8. The van der Waals surface area contributed by atoms with Crippen molar-refractivity contribution in [3.8, 4) is 17.2 Å². The molecule has 1 aromatic heterocycles. The lowest BCUT2D eigenvalue weighted by Crippen LogP contribution is -2.30. The first-order valence-electron chi connectivity index (χ1n) is 10.6. The molecule has 31 heavy (non-hydrogen) atoms. The average Bonchev–Trinajstić information content (AvgIpc) is 3.22. The molecule has 0 radical (unpaired) electrons. The smallest absolute Gasteiger partial charge is 0.280 e. The maximum absolute atomic E-state index is 12.3. The number of aryl methyl sites for hydroxylation is 1. The first-order valence-corrected chi connectivity index (χ1v) is 10.6. The third kappa shape index (κ3) is 3.65. The summed E-state index contributed by atoms with van der Waals surface area (Å²) in [5, 5.41) is 0.651. The van der Waals surface area contributed by atoms with Crippen LogP contribution in [-0.2, 0) is 6.54 Å². The van der Waals surface area contributed by atoms with E-state index in [0.717, 1.165) is 60.2 Å². The minimum atomic E-state index is -0.173. The second kappa shape index (κ2) is 8.07. The van der Waals surface area contributed by atoms with Crippen LogP contribution in [0.3, 0.4) is 0 Å². The molecule has 0 atom stereocenters. The molecule has 160 valence electrons. The molecule has 0 aliphatic carbocycles. The van der Waals surface area contributed by atoms with Gasteiger partial charge in [0.2, 0.25) is 6.79 Å². The Morgan fingerprint density at radius 1 is 1.16 bits per heavy atom. The molecule has 3 heterocycles. The van der Waals surface area contributed by atoms with Crippen LogP contribution in [-0.4, -0.2) is 40.9 Å². The fraction of sp³-hybridized carbons (Fsp3) is 0.333. The van der Waals surface area contributed by atoms with Crippen molar-refractivity contribution in [2.24, 2.45) is 0 Å². The summed E-state index contributed by atoms with van der Waals surface area (Å²) < 4.78 is 19.0. The van der Waals surface area contributed by atoms with Crippen LogP contribution < -0.4 is 19.8 Å². The summed E-state index contributed by atoms with van der Waals surface area (Å²) in [6.07, 6.45) is 3.09. The molecule has 7 heteroatoms. The highest BCUT2D eigenvalue weighted by atomic mass is 16.7. The van der Waals surface area contributed by atoms with E-state index in [1.54, 1.807) is 0 Å². The lowest BCUT2D eigenvalue weighted by Gasteiger charge is -2.29. The van der Waals surface area contributed by atoms with Gasteiger partial charge >= 0.3 is 0 Å². The second-order valence-corrected chi connectivity index (χ2v) is 7.74. The van der Waals surface area contributed by atoms with Crippen LogP contribution in [0.15, 0.2) is 47.3 Å². The summed E-state index contributed by atoms with van der Waals surface area (Å²) in [5.74, 6) is 3.07. The van der Waals surface area contributed by atoms with Crippen LogP contribution in [0.2, 0.25) is 0 Å². The predicted molar refractivity (Wildman–Crippen MR) is 119 cm³/mol. The Balaban J connectivity index is 1.41. The van der Waals surface area contributed by atoms with Crippen LogP contribution in [0.4, 0.5) is 0 Å². The van der Waals surface area contributed by atoms with Crippen molar-refractivity contribution in [1.82, 2.24) is 14.5 Å². The highest BCUT2D eigenvalue weighted by Crippen LogP contribution is 2.39. The Labute approximate surface area is 180 Å². The van der Waals surface area contributed by atoms with E-state index in [1.807, 2.05) is 50.2 Å². The summed E-state index contributed by atoms with van der Waals surface area (Å²) in [4.78, 5) is 18.9. The van der Waals surface area contributed by atoms with Crippen molar-refractivity contribution in [3.05, 3.63) is 64.2 Å². The summed E-state index contributed by atoms with van der Waals surface area (Å²) in [6.45, 7) is 7.18. The Kier molecular flexibility index (Phi) is 5.11. The van der Waals surface area contributed by atoms with Gasteiger partial charge in [-0.15, -0.1) is 0 Å². The number of benzene rings is 2. The second-order valence-electron chi connectivity index (χ2n) is 7.74. The van der Waals surface area contributed by atoms with Crippen molar-refractivity contribution in [2.45, 2.75) is 26.8 Å². The average molecular weight is 419 g/mol. The molecule has 2 aliphatic heterocycles. The molecule has 0 bridgehead atoms. The van der Waals surface area contributed by atoms with E-state index in [2.05, 4.69) is 20.5 Å². The van der Waals surface area contributed by atoms with Gasteiger partial charge < -0.3 is 18.8 Å².